The summed E-state index contributed by atoms with van der Waals surface area (Å²) in [5, 5.41) is 0. The van der Waals surface area contributed by atoms with Gasteiger partial charge in [0.25, 0.3) is 0 Å². The second-order valence-electron chi connectivity index (χ2n) is 4.30. The van der Waals surface area contributed by atoms with E-state index >= 15 is 0 Å². The number of nitrogens with two attached hydrogens (primary N) is 1. The average molecular weight is 263 g/mol. The number of hydrogen-bond acceptors (Lipinski definition) is 2. The number of nitrogen functional groups attached to an aromatic ring is 1. The van der Waals surface area contributed by atoms with Crippen LogP contribution in [0.4, 0.5) is 5.82 Å². The van der Waals surface area contributed by atoms with E-state index in [0.717, 1.165) is 5.92 Å². The number of hydrogen-bond donors (Lipinski definition) is 1. The Balaban J connectivity index is 0.00000112. The monoisotopic (exact) mass is 262 g/mol. The van der Waals surface area contributed by atoms with Crippen LogP contribution in [0.5, 0.6) is 0 Å². The molecule has 1 saturated carbocycles. The lowest BCUT2D eigenvalue weighted by molar-refractivity contribution is 0.441. The highest BCUT2D eigenvalue weighted by atomic mass is 35.5. The molecular formula is C12H20Cl2N2. The topological polar surface area (TPSA) is 38.9 Å². The van der Waals surface area contributed by atoms with Gasteiger partial charge in [0.1, 0.15) is 5.82 Å². The molecule has 0 aromatic carbocycles. The Morgan fingerprint density at radius 2 is 1.81 bits per heavy atom. The Labute approximate surface area is 110 Å². The SMILES string of the molecule is Cc1cc(N)ncc1C1CCCCC1.Cl.Cl. The molecule has 2 nitrogen and oxygen atoms in total. The van der Waals surface area contributed by atoms with Gasteiger partial charge in [-0.05, 0) is 42.9 Å². The molecule has 1 heterocycles. The number of pyridine rings is 1. The summed E-state index contributed by atoms with van der Waals surface area (Å²) in [5.41, 5.74) is 8.37. The second kappa shape index (κ2) is 6.97. The average Bonchev–Trinajstić information content (AvgIpc) is 2.19. The molecule has 0 radical (unpaired) electrons. The van der Waals surface area contributed by atoms with Gasteiger partial charge in [-0.15, -0.1) is 24.8 Å². The maximum absolute atomic E-state index is 5.65. The van der Waals surface area contributed by atoms with Gasteiger partial charge < -0.3 is 5.73 Å². The molecule has 0 saturated heterocycles. The molecule has 0 atom stereocenters. The molecule has 2 N–H and O–H groups in total. The van der Waals surface area contributed by atoms with Gasteiger partial charge >= 0.3 is 0 Å². The van der Waals surface area contributed by atoms with Crippen LogP contribution < -0.4 is 5.73 Å². The molecule has 0 unspecified atom stereocenters. The fraction of sp³-hybridized carbons (Fsp3) is 0.583. The zero-order valence-corrected chi connectivity index (χ0v) is 11.2. The summed E-state index contributed by atoms with van der Waals surface area (Å²) in [4.78, 5) is 4.19. The van der Waals surface area contributed by atoms with Crippen molar-refractivity contribution >= 4 is 30.6 Å². The molecule has 4 heteroatoms. The zero-order valence-electron chi connectivity index (χ0n) is 9.61. The van der Waals surface area contributed by atoms with Crippen LogP contribution in [0, 0.1) is 6.92 Å². The maximum atomic E-state index is 5.65. The number of anilines is 1. The van der Waals surface area contributed by atoms with Crippen LogP contribution >= 0.6 is 24.8 Å². The minimum atomic E-state index is 0. The van der Waals surface area contributed by atoms with Gasteiger partial charge in [-0.1, -0.05) is 19.3 Å². The van der Waals surface area contributed by atoms with Crippen LogP contribution in [0.3, 0.4) is 0 Å². The van der Waals surface area contributed by atoms with Gasteiger partial charge in [0.2, 0.25) is 0 Å². The Kier molecular flexibility index (Phi) is 6.77. The lowest BCUT2D eigenvalue weighted by Gasteiger charge is -2.23. The van der Waals surface area contributed by atoms with Gasteiger partial charge in [-0.3, -0.25) is 0 Å². The third-order valence-electron chi connectivity index (χ3n) is 3.22. The Morgan fingerprint density at radius 1 is 1.19 bits per heavy atom. The molecular weight excluding hydrogens is 243 g/mol. The van der Waals surface area contributed by atoms with E-state index in [-0.39, 0.29) is 24.8 Å². The lowest BCUT2D eigenvalue weighted by atomic mass is 9.83. The number of rotatable bonds is 1. The highest BCUT2D eigenvalue weighted by Crippen LogP contribution is 2.33. The smallest absolute Gasteiger partial charge is 0.123 e. The quantitative estimate of drug-likeness (QED) is 0.835. The molecule has 1 aromatic heterocycles. The molecule has 1 aromatic rings. The Bertz CT molecular complexity index is 323. The van der Waals surface area contributed by atoms with E-state index in [0.29, 0.717) is 5.82 Å². The summed E-state index contributed by atoms with van der Waals surface area (Å²) in [6, 6.07) is 1.99. The second-order valence-corrected chi connectivity index (χ2v) is 4.30. The Hall–Kier alpha value is -0.470. The molecule has 0 amide bonds. The summed E-state index contributed by atoms with van der Waals surface area (Å²) < 4.78 is 0. The summed E-state index contributed by atoms with van der Waals surface area (Å²) in [5.74, 6) is 1.37. The van der Waals surface area contributed by atoms with Gasteiger partial charge in [-0.2, -0.15) is 0 Å². The molecule has 0 spiro atoms. The van der Waals surface area contributed by atoms with Crippen molar-refractivity contribution in [2.24, 2.45) is 0 Å². The van der Waals surface area contributed by atoms with Crippen molar-refractivity contribution in [1.29, 1.82) is 0 Å². The number of nitrogens with zero attached hydrogens (tertiary/aromatic N) is 1. The summed E-state index contributed by atoms with van der Waals surface area (Å²) in [6.07, 6.45) is 8.76. The normalized spacial score (nSPS) is 16.1. The predicted molar refractivity (Wildman–Crippen MR) is 73.7 cm³/mol. The van der Waals surface area contributed by atoms with E-state index < -0.39 is 0 Å². The predicted octanol–water partition coefficient (Wildman–Crippen LogP) is 3.86. The first-order valence-electron chi connectivity index (χ1n) is 5.49. The summed E-state index contributed by atoms with van der Waals surface area (Å²) in [7, 11) is 0. The number of aryl methyl sites for hydroxylation is 1. The van der Waals surface area contributed by atoms with Crippen molar-refractivity contribution in [3.63, 3.8) is 0 Å². The van der Waals surface area contributed by atoms with E-state index in [2.05, 4.69) is 11.9 Å². The van der Waals surface area contributed by atoms with Gasteiger partial charge in [0.05, 0.1) is 0 Å². The molecule has 92 valence electrons. The van der Waals surface area contributed by atoms with Crippen molar-refractivity contribution in [2.45, 2.75) is 44.9 Å². The molecule has 16 heavy (non-hydrogen) atoms. The highest BCUT2D eigenvalue weighted by Gasteiger charge is 2.17. The van der Waals surface area contributed by atoms with Crippen molar-refractivity contribution in [3.8, 4) is 0 Å². The standard InChI is InChI=1S/C12H18N2.2ClH/c1-9-7-12(13)14-8-11(9)10-5-3-2-4-6-10;;/h7-8,10H,2-6H2,1H3,(H2,13,14);2*1H. The van der Waals surface area contributed by atoms with Crippen molar-refractivity contribution in [1.82, 2.24) is 4.98 Å². The lowest BCUT2D eigenvalue weighted by Crippen LogP contribution is -2.07. The van der Waals surface area contributed by atoms with Crippen LogP contribution in [0.1, 0.15) is 49.1 Å². The number of aromatic nitrogens is 1. The van der Waals surface area contributed by atoms with E-state index in [1.54, 1.807) is 0 Å². The minimum absolute atomic E-state index is 0. The first kappa shape index (κ1) is 15.5. The van der Waals surface area contributed by atoms with Gasteiger partial charge in [-0.25, -0.2) is 4.98 Å². The fourth-order valence-electron chi connectivity index (χ4n) is 2.43. The van der Waals surface area contributed by atoms with Crippen molar-refractivity contribution in [2.75, 3.05) is 5.73 Å². The first-order valence-corrected chi connectivity index (χ1v) is 5.49. The molecule has 0 bridgehead atoms. The van der Waals surface area contributed by atoms with Crippen LogP contribution in [0.25, 0.3) is 0 Å². The highest BCUT2D eigenvalue weighted by molar-refractivity contribution is 5.85. The number of halogens is 2. The van der Waals surface area contributed by atoms with E-state index in [1.807, 2.05) is 12.3 Å². The van der Waals surface area contributed by atoms with Crippen LogP contribution in [0.2, 0.25) is 0 Å². The molecule has 0 aliphatic heterocycles. The van der Waals surface area contributed by atoms with Crippen LogP contribution in [-0.2, 0) is 0 Å². The third kappa shape index (κ3) is 3.53. The van der Waals surface area contributed by atoms with Crippen molar-refractivity contribution < 1.29 is 0 Å². The van der Waals surface area contributed by atoms with Crippen LogP contribution in [0.15, 0.2) is 12.3 Å². The Morgan fingerprint density at radius 3 is 2.38 bits per heavy atom. The minimum Gasteiger partial charge on any atom is -0.384 e. The van der Waals surface area contributed by atoms with Crippen molar-refractivity contribution in [3.05, 3.63) is 23.4 Å². The first-order chi connectivity index (χ1) is 6.77. The largest absolute Gasteiger partial charge is 0.384 e. The fourth-order valence-corrected chi connectivity index (χ4v) is 2.43. The summed E-state index contributed by atoms with van der Waals surface area (Å²) >= 11 is 0. The van der Waals surface area contributed by atoms with Gasteiger partial charge in [0, 0.05) is 6.20 Å². The van der Waals surface area contributed by atoms with E-state index in [1.165, 1.54) is 43.2 Å². The van der Waals surface area contributed by atoms with E-state index in [4.69, 9.17) is 5.73 Å². The zero-order chi connectivity index (χ0) is 9.97. The molecule has 1 aliphatic carbocycles. The third-order valence-corrected chi connectivity index (χ3v) is 3.22. The molecule has 2 rings (SSSR count). The van der Waals surface area contributed by atoms with Gasteiger partial charge in [0.15, 0.2) is 0 Å². The van der Waals surface area contributed by atoms with Crippen LogP contribution in [-0.4, -0.2) is 4.98 Å². The molecule has 1 aliphatic rings. The summed E-state index contributed by atoms with van der Waals surface area (Å²) in [6.45, 7) is 2.14. The van der Waals surface area contributed by atoms with E-state index in [9.17, 15) is 0 Å². The molecule has 1 fully saturated rings. The maximum Gasteiger partial charge on any atom is 0.123 e.